The minimum Gasteiger partial charge on any atom is -0.385 e. The number of rotatable bonds is 5. The molecule has 0 aromatic carbocycles. The van der Waals surface area contributed by atoms with Crippen molar-refractivity contribution in [2.45, 2.75) is 26.2 Å². The lowest BCUT2D eigenvalue weighted by molar-refractivity contribution is -0.124. The molecule has 0 N–H and O–H groups in total. The first-order valence-corrected chi connectivity index (χ1v) is 4.28. The van der Waals surface area contributed by atoms with Crippen LogP contribution in [0.5, 0.6) is 0 Å². The highest BCUT2D eigenvalue weighted by Crippen LogP contribution is 2.32. The Balaban J connectivity index is 2.16. The van der Waals surface area contributed by atoms with E-state index in [-0.39, 0.29) is 5.92 Å². The Hall–Kier alpha value is -0.370. The number of hydrogen-bond acceptors (Lipinski definition) is 2. The molecule has 0 radical (unpaired) electrons. The van der Waals surface area contributed by atoms with Crippen LogP contribution in [0.15, 0.2) is 0 Å². The van der Waals surface area contributed by atoms with Crippen LogP contribution in [-0.4, -0.2) is 19.5 Å². The van der Waals surface area contributed by atoms with Crippen molar-refractivity contribution in [3.8, 4) is 0 Å². The molecule has 2 heteroatoms. The Morgan fingerprint density at radius 2 is 2.27 bits per heavy atom. The zero-order chi connectivity index (χ0) is 8.27. The molecule has 11 heavy (non-hydrogen) atoms. The highest BCUT2D eigenvalue weighted by Gasteiger charge is 2.32. The fraction of sp³-hybridized carbons (Fsp3) is 0.889. The zero-order valence-electron chi connectivity index (χ0n) is 7.30. The van der Waals surface area contributed by atoms with Crippen LogP contribution < -0.4 is 0 Å². The first-order valence-electron chi connectivity index (χ1n) is 4.28. The van der Waals surface area contributed by atoms with E-state index in [2.05, 4.69) is 0 Å². The van der Waals surface area contributed by atoms with E-state index in [9.17, 15) is 4.79 Å². The predicted molar refractivity (Wildman–Crippen MR) is 43.4 cm³/mol. The van der Waals surface area contributed by atoms with Gasteiger partial charge in [-0.15, -0.1) is 0 Å². The third kappa shape index (κ3) is 2.62. The van der Waals surface area contributed by atoms with Gasteiger partial charge in [-0.1, -0.05) is 6.92 Å². The Morgan fingerprint density at radius 1 is 1.64 bits per heavy atom. The number of Topliss-reactive ketones (excluding diaryl/α,β-unsaturated/α-hetero) is 1. The monoisotopic (exact) mass is 156 g/mol. The van der Waals surface area contributed by atoms with Crippen LogP contribution >= 0.6 is 0 Å². The molecule has 1 atom stereocenters. The Morgan fingerprint density at radius 3 is 2.73 bits per heavy atom. The van der Waals surface area contributed by atoms with E-state index < -0.39 is 0 Å². The quantitative estimate of drug-likeness (QED) is 0.605. The summed E-state index contributed by atoms with van der Waals surface area (Å²) in [7, 11) is 1.67. The summed E-state index contributed by atoms with van der Waals surface area (Å²) in [5, 5.41) is 0. The molecule has 0 spiro atoms. The topological polar surface area (TPSA) is 26.3 Å². The van der Waals surface area contributed by atoms with Gasteiger partial charge in [-0.2, -0.15) is 0 Å². The summed E-state index contributed by atoms with van der Waals surface area (Å²) in [5.41, 5.74) is 0. The summed E-state index contributed by atoms with van der Waals surface area (Å²) in [5.74, 6) is 1.06. The van der Waals surface area contributed by atoms with Gasteiger partial charge in [-0.25, -0.2) is 0 Å². The second-order valence-electron chi connectivity index (χ2n) is 3.36. The fourth-order valence-electron chi connectivity index (χ4n) is 1.21. The second kappa shape index (κ2) is 3.86. The smallest absolute Gasteiger partial charge is 0.138 e. The summed E-state index contributed by atoms with van der Waals surface area (Å²) in [6.07, 6.45) is 3.12. The molecule has 0 aromatic rings. The summed E-state index contributed by atoms with van der Waals surface area (Å²) in [4.78, 5) is 11.4. The fourth-order valence-corrected chi connectivity index (χ4v) is 1.21. The highest BCUT2D eigenvalue weighted by atomic mass is 16.5. The molecule has 1 saturated carbocycles. The summed E-state index contributed by atoms with van der Waals surface area (Å²) < 4.78 is 4.91. The third-order valence-corrected chi connectivity index (χ3v) is 2.22. The molecule has 1 rings (SSSR count). The maximum Gasteiger partial charge on any atom is 0.138 e. The SMILES string of the molecule is COCCC(C)C(=O)C1CC1. The van der Waals surface area contributed by atoms with Crippen LogP contribution in [0.3, 0.4) is 0 Å². The van der Waals surface area contributed by atoms with Crippen molar-refractivity contribution in [3.05, 3.63) is 0 Å². The Bertz CT molecular complexity index is 138. The summed E-state index contributed by atoms with van der Waals surface area (Å²) >= 11 is 0. The third-order valence-electron chi connectivity index (χ3n) is 2.22. The molecule has 0 heterocycles. The maximum atomic E-state index is 11.4. The van der Waals surface area contributed by atoms with E-state index in [0.717, 1.165) is 19.3 Å². The van der Waals surface area contributed by atoms with E-state index in [0.29, 0.717) is 18.3 Å². The van der Waals surface area contributed by atoms with Crippen molar-refractivity contribution in [2.24, 2.45) is 11.8 Å². The molecule has 0 aromatic heterocycles. The van der Waals surface area contributed by atoms with Crippen LogP contribution in [0.4, 0.5) is 0 Å². The molecule has 0 amide bonds. The van der Waals surface area contributed by atoms with Gasteiger partial charge in [0.1, 0.15) is 5.78 Å². The molecule has 1 unspecified atom stereocenters. The van der Waals surface area contributed by atoms with Gasteiger partial charge >= 0.3 is 0 Å². The van der Waals surface area contributed by atoms with Gasteiger partial charge < -0.3 is 4.74 Å². The van der Waals surface area contributed by atoms with Crippen molar-refractivity contribution in [3.63, 3.8) is 0 Å². The van der Waals surface area contributed by atoms with Crippen LogP contribution in [0.2, 0.25) is 0 Å². The van der Waals surface area contributed by atoms with Crippen molar-refractivity contribution in [1.82, 2.24) is 0 Å². The molecule has 0 bridgehead atoms. The minimum atomic E-state index is 0.211. The summed E-state index contributed by atoms with van der Waals surface area (Å²) in [6.45, 7) is 2.71. The van der Waals surface area contributed by atoms with Crippen molar-refractivity contribution < 1.29 is 9.53 Å². The van der Waals surface area contributed by atoms with E-state index >= 15 is 0 Å². The van der Waals surface area contributed by atoms with Gasteiger partial charge in [0.2, 0.25) is 0 Å². The molecule has 1 aliphatic rings. The van der Waals surface area contributed by atoms with Gasteiger partial charge in [0.25, 0.3) is 0 Å². The van der Waals surface area contributed by atoms with Gasteiger partial charge in [0.05, 0.1) is 0 Å². The van der Waals surface area contributed by atoms with Gasteiger partial charge in [0.15, 0.2) is 0 Å². The second-order valence-corrected chi connectivity index (χ2v) is 3.36. The lowest BCUT2D eigenvalue weighted by Gasteiger charge is -2.07. The first-order chi connectivity index (χ1) is 5.25. The normalized spacial score (nSPS) is 19.8. The molecule has 1 aliphatic carbocycles. The standard InChI is InChI=1S/C9H16O2/c1-7(5-6-11-2)9(10)8-3-4-8/h7-8H,3-6H2,1-2H3. The van der Waals surface area contributed by atoms with Crippen molar-refractivity contribution in [2.75, 3.05) is 13.7 Å². The van der Waals surface area contributed by atoms with Gasteiger partial charge in [0, 0.05) is 25.6 Å². The predicted octanol–water partition coefficient (Wildman–Crippen LogP) is 1.64. The average Bonchev–Trinajstić information content (AvgIpc) is 2.81. The first kappa shape index (κ1) is 8.72. The Labute approximate surface area is 67.9 Å². The summed E-state index contributed by atoms with van der Waals surface area (Å²) in [6, 6.07) is 0. The molecule has 0 saturated heterocycles. The number of carbonyl (C=O) groups excluding carboxylic acids is 1. The molecule has 2 nitrogen and oxygen atoms in total. The molecule has 64 valence electrons. The Kier molecular flexibility index (Phi) is 3.06. The highest BCUT2D eigenvalue weighted by molar-refractivity contribution is 5.85. The van der Waals surface area contributed by atoms with Crippen molar-refractivity contribution >= 4 is 5.78 Å². The molecular weight excluding hydrogens is 140 g/mol. The van der Waals surface area contributed by atoms with Crippen LogP contribution in [-0.2, 0) is 9.53 Å². The van der Waals surface area contributed by atoms with Crippen LogP contribution in [0.25, 0.3) is 0 Å². The van der Waals surface area contributed by atoms with Gasteiger partial charge in [-0.05, 0) is 19.3 Å². The number of ether oxygens (including phenoxy) is 1. The number of hydrogen-bond donors (Lipinski definition) is 0. The van der Waals surface area contributed by atoms with E-state index in [1.165, 1.54) is 0 Å². The maximum absolute atomic E-state index is 11.4. The molecular formula is C9H16O2. The largest absolute Gasteiger partial charge is 0.385 e. The van der Waals surface area contributed by atoms with Gasteiger partial charge in [-0.3, -0.25) is 4.79 Å². The average molecular weight is 156 g/mol. The molecule has 0 aliphatic heterocycles. The van der Waals surface area contributed by atoms with Crippen LogP contribution in [0, 0.1) is 11.8 Å². The zero-order valence-corrected chi connectivity index (χ0v) is 7.30. The van der Waals surface area contributed by atoms with E-state index in [4.69, 9.17) is 4.74 Å². The molecule has 1 fully saturated rings. The number of ketones is 1. The number of methoxy groups -OCH3 is 1. The minimum absolute atomic E-state index is 0.211. The number of carbonyl (C=O) groups is 1. The van der Waals surface area contributed by atoms with Crippen LogP contribution in [0.1, 0.15) is 26.2 Å². The lowest BCUT2D eigenvalue weighted by Crippen LogP contribution is -2.14. The lowest BCUT2D eigenvalue weighted by atomic mass is 10.00. The van der Waals surface area contributed by atoms with E-state index in [1.54, 1.807) is 7.11 Å². The van der Waals surface area contributed by atoms with Crippen molar-refractivity contribution in [1.29, 1.82) is 0 Å². The van der Waals surface area contributed by atoms with E-state index in [1.807, 2.05) is 6.92 Å².